The molecule has 186 valence electrons. The van der Waals surface area contributed by atoms with Crippen molar-refractivity contribution in [3.8, 4) is 0 Å². The lowest BCUT2D eigenvalue weighted by molar-refractivity contribution is -0.159. The normalized spacial score (nSPS) is 18.8. The van der Waals surface area contributed by atoms with Gasteiger partial charge in [0, 0.05) is 0 Å². The van der Waals surface area contributed by atoms with Gasteiger partial charge in [-0.3, -0.25) is 9.59 Å². The minimum atomic E-state index is -0.850. The van der Waals surface area contributed by atoms with E-state index < -0.39 is 17.8 Å². The Hall–Kier alpha value is -1.32. The molecule has 1 N–H and O–H groups in total. The maximum Gasteiger partial charge on any atom is 0.309 e. The smallest absolute Gasteiger partial charge is 0.309 e. The fourth-order valence-corrected chi connectivity index (χ4v) is 4.69. The molecular formula is C28H50O4. The van der Waals surface area contributed by atoms with Gasteiger partial charge in [0.2, 0.25) is 0 Å². The molecule has 2 unspecified atom stereocenters. The lowest BCUT2D eigenvalue weighted by Gasteiger charge is -2.26. The predicted molar refractivity (Wildman–Crippen MR) is 133 cm³/mol. The summed E-state index contributed by atoms with van der Waals surface area (Å²) in [6.45, 7) is 2.69. The van der Waals surface area contributed by atoms with E-state index in [1.807, 2.05) is 0 Å². The summed E-state index contributed by atoms with van der Waals surface area (Å²) >= 11 is 0. The van der Waals surface area contributed by atoms with E-state index in [2.05, 4.69) is 19.1 Å². The lowest BCUT2D eigenvalue weighted by Crippen LogP contribution is -2.33. The predicted octanol–water partition coefficient (Wildman–Crippen LogP) is 8.24. The number of hydrogen-bond donors (Lipinski definition) is 1. The highest BCUT2D eigenvalue weighted by Gasteiger charge is 2.36. The number of carbonyl (C=O) groups is 2. The monoisotopic (exact) mass is 450 g/mol. The summed E-state index contributed by atoms with van der Waals surface area (Å²) in [5.74, 6) is -2.13. The first kappa shape index (κ1) is 28.7. The van der Waals surface area contributed by atoms with Crippen molar-refractivity contribution < 1.29 is 19.4 Å². The third-order valence-corrected chi connectivity index (χ3v) is 6.79. The Bertz CT molecular complexity index is 500. The molecular weight excluding hydrogens is 400 g/mol. The maximum absolute atomic E-state index is 12.2. The van der Waals surface area contributed by atoms with Crippen LogP contribution in [0.3, 0.4) is 0 Å². The number of hydrogen-bond acceptors (Lipinski definition) is 3. The summed E-state index contributed by atoms with van der Waals surface area (Å²) < 4.78 is 5.38. The van der Waals surface area contributed by atoms with E-state index in [9.17, 15) is 14.7 Å². The summed E-state index contributed by atoms with van der Waals surface area (Å²) in [4.78, 5) is 23.5. The number of carbonyl (C=O) groups excluding carboxylic acids is 1. The fourth-order valence-electron chi connectivity index (χ4n) is 4.69. The van der Waals surface area contributed by atoms with Gasteiger partial charge in [-0.1, -0.05) is 103 Å². The van der Waals surface area contributed by atoms with Crippen molar-refractivity contribution in [3.63, 3.8) is 0 Å². The van der Waals surface area contributed by atoms with Crippen molar-refractivity contribution in [2.24, 2.45) is 11.8 Å². The van der Waals surface area contributed by atoms with E-state index in [0.29, 0.717) is 19.4 Å². The van der Waals surface area contributed by atoms with Crippen LogP contribution in [0.5, 0.6) is 0 Å². The van der Waals surface area contributed by atoms with Gasteiger partial charge >= 0.3 is 11.9 Å². The van der Waals surface area contributed by atoms with Crippen LogP contribution in [0.15, 0.2) is 12.2 Å². The van der Waals surface area contributed by atoms with Gasteiger partial charge < -0.3 is 9.84 Å². The van der Waals surface area contributed by atoms with Crippen LogP contribution in [0.1, 0.15) is 135 Å². The van der Waals surface area contributed by atoms with Gasteiger partial charge in [-0.25, -0.2) is 0 Å². The molecule has 4 nitrogen and oxygen atoms in total. The van der Waals surface area contributed by atoms with Crippen molar-refractivity contribution in [2.75, 3.05) is 6.61 Å². The largest absolute Gasteiger partial charge is 0.481 e. The molecule has 1 fully saturated rings. The molecule has 0 aromatic heterocycles. The van der Waals surface area contributed by atoms with Crippen LogP contribution in [-0.2, 0) is 14.3 Å². The Balaban J connectivity index is 1.83. The first-order chi connectivity index (χ1) is 15.7. The van der Waals surface area contributed by atoms with E-state index in [-0.39, 0.29) is 5.97 Å². The van der Waals surface area contributed by atoms with Crippen molar-refractivity contribution in [1.29, 1.82) is 0 Å². The molecule has 0 aromatic rings. The number of aliphatic carboxylic acids is 1. The zero-order valence-electron chi connectivity index (χ0n) is 20.8. The van der Waals surface area contributed by atoms with E-state index in [0.717, 1.165) is 25.7 Å². The van der Waals surface area contributed by atoms with Crippen LogP contribution in [0.25, 0.3) is 0 Å². The lowest BCUT2D eigenvalue weighted by atomic mass is 9.79. The van der Waals surface area contributed by atoms with Crippen LogP contribution in [-0.4, -0.2) is 23.7 Å². The molecule has 1 aliphatic carbocycles. The first-order valence-corrected chi connectivity index (χ1v) is 13.7. The third kappa shape index (κ3) is 14.7. The second-order valence-corrected chi connectivity index (χ2v) is 9.65. The molecule has 0 heterocycles. The van der Waals surface area contributed by atoms with Gasteiger partial charge in [-0.05, 0) is 44.9 Å². The van der Waals surface area contributed by atoms with Gasteiger partial charge in [0.25, 0.3) is 0 Å². The highest BCUT2D eigenvalue weighted by molar-refractivity contribution is 5.81. The summed E-state index contributed by atoms with van der Waals surface area (Å²) in [7, 11) is 0. The number of rotatable bonds is 20. The van der Waals surface area contributed by atoms with Crippen molar-refractivity contribution in [1.82, 2.24) is 0 Å². The van der Waals surface area contributed by atoms with Crippen LogP contribution < -0.4 is 0 Å². The Morgan fingerprint density at radius 3 is 1.72 bits per heavy atom. The molecule has 0 amide bonds. The zero-order chi connectivity index (χ0) is 23.3. The van der Waals surface area contributed by atoms with Crippen molar-refractivity contribution >= 4 is 11.9 Å². The minimum absolute atomic E-state index is 0.292. The summed E-state index contributed by atoms with van der Waals surface area (Å²) in [6.07, 6.45) is 28.2. The number of esters is 1. The Morgan fingerprint density at radius 2 is 1.19 bits per heavy atom. The topological polar surface area (TPSA) is 63.6 Å². The summed E-state index contributed by atoms with van der Waals surface area (Å²) in [5, 5.41) is 9.28. The third-order valence-electron chi connectivity index (χ3n) is 6.79. The molecule has 4 heteroatoms. The number of carboxylic acid groups (broad SMARTS) is 1. The second kappa shape index (κ2) is 20.3. The fraction of sp³-hybridized carbons (Fsp3) is 0.857. The van der Waals surface area contributed by atoms with Crippen LogP contribution in [0.4, 0.5) is 0 Å². The van der Waals surface area contributed by atoms with E-state index in [1.54, 1.807) is 0 Å². The minimum Gasteiger partial charge on any atom is -0.481 e. The summed E-state index contributed by atoms with van der Waals surface area (Å²) in [5.41, 5.74) is 0. The number of allylic oxidation sites excluding steroid dienone is 2. The molecule has 1 saturated carbocycles. The Labute approximate surface area is 197 Å². The average Bonchev–Trinajstić information content (AvgIpc) is 2.80. The maximum atomic E-state index is 12.2. The molecule has 0 saturated heterocycles. The molecule has 1 rings (SSSR count). The average molecular weight is 451 g/mol. The molecule has 0 bridgehead atoms. The SMILES string of the molecule is CCCCC/C=C/CCCCCCCCCCCCCOC(=O)C1CCCCC1C(=O)O. The Morgan fingerprint density at radius 1 is 0.719 bits per heavy atom. The van der Waals surface area contributed by atoms with Gasteiger partial charge in [-0.15, -0.1) is 0 Å². The molecule has 0 radical (unpaired) electrons. The van der Waals surface area contributed by atoms with Gasteiger partial charge in [0.15, 0.2) is 0 Å². The van der Waals surface area contributed by atoms with Crippen molar-refractivity contribution in [3.05, 3.63) is 12.2 Å². The molecule has 0 aliphatic heterocycles. The van der Waals surface area contributed by atoms with Crippen LogP contribution >= 0.6 is 0 Å². The quantitative estimate of drug-likeness (QED) is 0.115. The van der Waals surface area contributed by atoms with Gasteiger partial charge in [0.05, 0.1) is 18.4 Å². The Kier molecular flexibility index (Phi) is 18.2. The molecule has 32 heavy (non-hydrogen) atoms. The molecule has 1 aliphatic rings. The molecule has 0 aromatic carbocycles. The van der Waals surface area contributed by atoms with E-state index in [1.165, 1.54) is 89.9 Å². The summed E-state index contributed by atoms with van der Waals surface area (Å²) in [6, 6.07) is 0. The van der Waals surface area contributed by atoms with E-state index in [4.69, 9.17) is 4.74 Å². The molecule has 0 spiro atoms. The zero-order valence-corrected chi connectivity index (χ0v) is 20.8. The first-order valence-electron chi connectivity index (χ1n) is 13.7. The second-order valence-electron chi connectivity index (χ2n) is 9.65. The standard InChI is InChI=1S/C28H50O4/c1-2-3-4-5-6-7-8-9-10-11-12-13-14-15-16-17-18-21-24-32-28(31)26-23-20-19-22-25(26)27(29)30/h6-7,25-26H,2-5,8-24H2,1H3,(H,29,30)/b7-6+. The van der Waals surface area contributed by atoms with E-state index >= 15 is 0 Å². The van der Waals surface area contributed by atoms with Gasteiger partial charge in [-0.2, -0.15) is 0 Å². The van der Waals surface area contributed by atoms with Crippen LogP contribution in [0.2, 0.25) is 0 Å². The van der Waals surface area contributed by atoms with Crippen molar-refractivity contribution in [2.45, 2.75) is 135 Å². The molecule has 2 atom stereocenters. The number of carboxylic acids is 1. The number of ether oxygens (including phenoxy) is 1. The van der Waals surface area contributed by atoms with Gasteiger partial charge in [0.1, 0.15) is 0 Å². The highest BCUT2D eigenvalue weighted by atomic mass is 16.5. The van der Waals surface area contributed by atoms with Crippen LogP contribution in [0, 0.1) is 11.8 Å². The highest BCUT2D eigenvalue weighted by Crippen LogP contribution is 2.31. The number of unbranched alkanes of at least 4 members (excludes halogenated alkanes) is 14.